The largest absolute Gasteiger partial charge is 0.466 e. The van der Waals surface area contributed by atoms with Crippen molar-refractivity contribution >= 4 is 6.29 Å². The minimum Gasteiger partial charge on any atom is -0.466 e. The molecule has 1 aromatic rings. The number of rotatable bonds is 2. The molecule has 3 heteroatoms. The number of carbonyl (C=O) groups is 1. The standard InChI is InChI=1S/C7H8O3/c1-5(9)7-2-6(3-8)4-10-7/h2-5,9H,1H3. The van der Waals surface area contributed by atoms with Crippen LogP contribution in [0.15, 0.2) is 16.7 Å². The van der Waals surface area contributed by atoms with Gasteiger partial charge in [0, 0.05) is 0 Å². The van der Waals surface area contributed by atoms with Gasteiger partial charge in [-0.2, -0.15) is 0 Å². The van der Waals surface area contributed by atoms with E-state index < -0.39 is 6.10 Å². The zero-order valence-electron chi connectivity index (χ0n) is 5.57. The first-order valence-corrected chi connectivity index (χ1v) is 2.95. The van der Waals surface area contributed by atoms with Crippen LogP contribution in [0.1, 0.15) is 29.1 Å². The van der Waals surface area contributed by atoms with Crippen molar-refractivity contribution in [3.8, 4) is 0 Å². The fourth-order valence-corrected chi connectivity index (χ4v) is 0.649. The predicted octanol–water partition coefficient (Wildman–Crippen LogP) is 1.15. The Morgan fingerprint density at radius 2 is 2.50 bits per heavy atom. The molecule has 1 rings (SSSR count). The second-order valence-electron chi connectivity index (χ2n) is 2.08. The van der Waals surface area contributed by atoms with Crippen LogP contribution >= 0.6 is 0 Å². The molecule has 0 spiro atoms. The minimum absolute atomic E-state index is 0.419. The summed E-state index contributed by atoms with van der Waals surface area (Å²) in [7, 11) is 0. The summed E-state index contributed by atoms with van der Waals surface area (Å²) in [5.41, 5.74) is 0.455. The average Bonchev–Trinajstić information content (AvgIpc) is 2.34. The molecular formula is C7H8O3. The Bertz CT molecular complexity index is 225. The van der Waals surface area contributed by atoms with E-state index in [1.807, 2.05) is 0 Å². The van der Waals surface area contributed by atoms with Gasteiger partial charge in [-0.25, -0.2) is 0 Å². The van der Waals surface area contributed by atoms with E-state index in [0.29, 0.717) is 17.6 Å². The lowest BCUT2D eigenvalue weighted by Gasteiger charge is -1.94. The van der Waals surface area contributed by atoms with Crippen molar-refractivity contribution in [1.82, 2.24) is 0 Å². The summed E-state index contributed by atoms with van der Waals surface area (Å²) in [6.45, 7) is 1.58. The lowest BCUT2D eigenvalue weighted by atomic mass is 10.3. The van der Waals surface area contributed by atoms with Gasteiger partial charge in [-0.15, -0.1) is 0 Å². The van der Waals surface area contributed by atoms with Crippen molar-refractivity contribution < 1.29 is 14.3 Å². The molecule has 0 bridgehead atoms. The predicted molar refractivity (Wildman–Crippen MR) is 34.7 cm³/mol. The smallest absolute Gasteiger partial charge is 0.153 e. The van der Waals surface area contributed by atoms with Gasteiger partial charge in [0.05, 0.1) is 5.56 Å². The average molecular weight is 140 g/mol. The molecule has 1 unspecified atom stereocenters. The number of aliphatic hydroxyl groups excluding tert-OH is 1. The molecule has 3 nitrogen and oxygen atoms in total. The third kappa shape index (κ3) is 1.25. The Kier molecular flexibility index (Phi) is 1.87. The van der Waals surface area contributed by atoms with Crippen molar-refractivity contribution in [3.63, 3.8) is 0 Å². The molecular weight excluding hydrogens is 132 g/mol. The van der Waals surface area contributed by atoms with Crippen molar-refractivity contribution in [2.24, 2.45) is 0 Å². The second-order valence-corrected chi connectivity index (χ2v) is 2.08. The van der Waals surface area contributed by atoms with Gasteiger partial charge in [0.25, 0.3) is 0 Å². The maximum atomic E-state index is 10.1. The molecule has 0 fully saturated rings. The van der Waals surface area contributed by atoms with Crippen LogP contribution in [0.3, 0.4) is 0 Å². The molecule has 0 aliphatic carbocycles. The zero-order chi connectivity index (χ0) is 7.56. The van der Waals surface area contributed by atoms with Gasteiger partial charge in [-0.1, -0.05) is 0 Å². The van der Waals surface area contributed by atoms with E-state index >= 15 is 0 Å². The van der Waals surface area contributed by atoms with Crippen LogP contribution in [0.2, 0.25) is 0 Å². The summed E-state index contributed by atoms with van der Waals surface area (Å²) in [6.07, 6.45) is 1.35. The molecule has 0 aromatic carbocycles. The Labute approximate surface area is 58.3 Å². The fraction of sp³-hybridized carbons (Fsp3) is 0.286. The van der Waals surface area contributed by atoms with Gasteiger partial charge >= 0.3 is 0 Å². The lowest BCUT2D eigenvalue weighted by molar-refractivity contribution is 0.112. The fourth-order valence-electron chi connectivity index (χ4n) is 0.649. The van der Waals surface area contributed by atoms with Gasteiger partial charge < -0.3 is 9.52 Å². The van der Waals surface area contributed by atoms with E-state index in [1.165, 1.54) is 12.3 Å². The molecule has 0 saturated carbocycles. The Morgan fingerprint density at radius 3 is 2.80 bits per heavy atom. The third-order valence-electron chi connectivity index (χ3n) is 1.19. The SMILES string of the molecule is CC(O)c1cc(C=O)co1. The lowest BCUT2D eigenvalue weighted by Crippen LogP contribution is -1.85. The van der Waals surface area contributed by atoms with Crippen LogP contribution in [0.5, 0.6) is 0 Å². The molecule has 0 radical (unpaired) electrons. The van der Waals surface area contributed by atoms with Gasteiger partial charge in [-0.3, -0.25) is 4.79 Å². The van der Waals surface area contributed by atoms with Crippen LogP contribution in [-0.4, -0.2) is 11.4 Å². The van der Waals surface area contributed by atoms with Crippen molar-refractivity contribution in [2.75, 3.05) is 0 Å². The molecule has 1 aromatic heterocycles. The Balaban J connectivity index is 2.88. The first-order chi connectivity index (χ1) is 4.74. The molecule has 0 saturated heterocycles. The molecule has 0 aliphatic heterocycles. The van der Waals surface area contributed by atoms with Gasteiger partial charge in [-0.05, 0) is 13.0 Å². The highest BCUT2D eigenvalue weighted by molar-refractivity contribution is 5.74. The third-order valence-corrected chi connectivity index (χ3v) is 1.19. The molecule has 1 N–H and O–H groups in total. The van der Waals surface area contributed by atoms with Gasteiger partial charge in [0.15, 0.2) is 6.29 Å². The van der Waals surface area contributed by atoms with E-state index in [-0.39, 0.29) is 0 Å². The molecule has 1 heterocycles. The van der Waals surface area contributed by atoms with E-state index in [0.717, 1.165) is 0 Å². The Hall–Kier alpha value is -1.09. The van der Waals surface area contributed by atoms with Crippen LogP contribution < -0.4 is 0 Å². The highest BCUT2D eigenvalue weighted by atomic mass is 16.4. The van der Waals surface area contributed by atoms with Gasteiger partial charge in [0.1, 0.15) is 18.1 Å². The van der Waals surface area contributed by atoms with Crippen LogP contribution in [0, 0.1) is 0 Å². The molecule has 1 atom stereocenters. The molecule has 0 aliphatic rings. The number of aldehydes is 1. The van der Waals surface area contributed by atoms with Crippen molar-refractivity contribution in [3.05, 3.63) is 23.7 Å². The van der Waals surface area contributed by atoms with Crippen LogP contribution in [-0.2, 0) is 0 Å². The summed E-state index contributed by atoms with van der Waals surface area (Å²) in [5.74, 6) is 0.419. The minimum atomic E-state index is -0.645. The number of hydrogen-bond acceptors (Lipinski definition) is 3. The van der Waals surface area contributed by atoms with Gasteiger partial charge in [0.2, 0.25) is 0 Å². The maximum Gasteiger partial charge on any atom is 0.153 e. The van der Waals surface area contributed by atoms with Crippen molar-refractivity contribution in [2.45, 2.75) is 13.0 Å². The number of furan rings is 1. The van der Waals surface area contributed by atoms with E-state index in [2.05, 4.69) is 0 Å². The number of carbonyl (C=O) groups excluding carboxylic acids is 1. The highest BCUT2D eigenvalue weighted by Crippen LogP contribution is 2.13. The highest BCUT2D eigenvalue weighted by Gasteiger charge is 2.05. The van der Waals surface area contributed by atoms with Crippen LogP contribution in [0.4, 0.5) is 0 Å². The summed E-state index contributed by atoms with van der Waals surface area (Å²) in [4.78, 5) is 10.1. The zero-order valence-corrected chi connectivity index (χ0v) is 5.57. The normalized spacial score (nSPS) is 13.0. The van der Waals surface area contributed by atoms with E-state index in [9.17, 15) is 4.79 Å². The molecule has 54 valence electrons. The maximum absolute atomic E-state index is 10.1. The summed E-state index contributed by atoms with van der Waals surface area (Å²) in [5, 5.41) is 8.92. The molecule has 10 heavy (non-hydrogen) atoms. The van der Waals surface area contributed by atoms with E-state index in [4.69, 9.17) is 9.52 Å². The van der Waals surface area contributed by atoms with E-state index in [1.54, 1.807) is 6.92 Å². The van der Waals surface area contributed by atoms with Crippen molar-refractivity contribution in [1.29, 1.82) is 0 Å². The summed E-state index contributed by atoms with van der Waals surface area (Å²) >= 11 is 0. The summed E-state index contributed by atoms with van der Waals surface area (Å²) < 4.78 is 4.84. The summed E-state index contributed by atoms with van der Waals surface area (Å²) in [6, 6.07) is 1.51. The number of aliphatic hydroxyl groups is 1. The van der Waals surface area contributed by atoms with Crippen LogP contribution in [0.25, 0.3) is 0 Å². The second kappa shape index (κ2) is 2.66. The first-order valence-electron chi connectivity index (χ1n) is 2.95. The monoisotopic (exact) mass is 140 g/mol. The quantitative estimate of drug-likeness (QED) is 0.627. The topological polar surface area (TPSA) is 50.4 Å². The first kappa shape index (κ1) is 7.02. The number of hydrogen-bond donors (Lipinski definition) is 1. The Morgan fingerprint density at radius 1 is 1.80 bits per heavy atom. The molecule has 0 amide bonds.